The van der Waals surface area contributed by atoms with Crippen LogP contribution in [0.1, 0.15) is 28.7 Å². The van der Waals surface area contributed by atoms with Crippen molar-refractivity contribution < 1.29 is 5.11 Å². The smallest absolute Gasteiger partial charge is 0.0684 e. The molecular weight excluding hydrogens is 160 g/mol. The van der Waals surface area contributed by atoms with E-state index >= 15 is 0 Å². The van der Waals surface area contributed by atoms with Crippen molar-refractivity contribution in [2.75, 3.05) is 0 Å². The van der Waals surface area contributed by atoms with Crippen LogP contribution in [0.3, 0.4) is 0 Å². The van der Waals surface area contributed by atoms with Crippen LogP contribution in [0.5, 0.6) is 0 Å². The minimum atomic E-state index is 0.132. The van der Waals surface area contributed by atoms with Gasteiger partial charge in [0.25, 0.3) is 0 Å². The molecule has 1 aromatic carbocycles. The fourth-order valence-corrected chi connectivity index (χ4v) is 2.06. The van der Waals surface area contributed by atoms with Crippen molar-refractivity contribution in [2.24, 2.45) is 0 Å². The zero-order chi connectivity index (χ0) is 9.26. The molecule has 0 aliphatic heterocycles. The number of aliphatic hydroxyl groups is 1. The Kier molecular flexibility index (Phi) is 2.08. The van der Waals surface area contributed by atoms with Crippen LogP contribution in [0.4, 0.5) is 0 Å². The molecule has 0 bridgehead atoms. The molecule has 66 valence electrons. The third-order valence-corrected chi connectivity index (χ3v) is 2.71. The van der Waals surface area contributed by atoms with Crippen LogP contribution >= 0.6 is 0 Å². The van der Waals surface area contributed by atoms with E-state index in [1.54, 1.807) is 0 Å². The van der Waals surface area contributed by atoms with Gasteiger partial charge in [-0.25, -0.2) is 0 Å². The van der Waals surface area contributed by atoms with E-state index in [9.17, 15) is 0 Å². The molecule has 0 atom stereocenters. The van der Waals surface area contributed by atoms with Crippen molar-refractivity contribution in [3.8, 4) is 12.3 Å². The summed E-state index contributed by atoms with van der Waals surface area (Å²) in [6.07, 6.45) is 8.71. The summed E-state index contributed by atoms with van der Waals surface area (Å²) in [5.74, 6) is 2.70. The molecule has 1 aliphatic carbocycles. The van der Waals surface area contributed by atoms with Crippen LogP contribution in [-0.4, -0.2) is 5.11 Å². The Balaban J connectivity index is 2.60. The molecule has 0 fully saturated rings. The predicted octanol–water partition coefficient (Wildman–Crippen LogP) is 1.65. The summed E-state index contributed by atoms with van der Waals surface area (Å²) in [5, 5.41) is 9.11. The lowest BCUT2D eigenvalue weighted by molar-refractivity contribution is 0.280. The minimum Gasteiger partial charge on any atom is -0.392 e. The van der Waals surface area contributed by atoms with E-state index < -0.39 is 0 Å². The highest BCUT2D eigenvalue weighted by Gasteiger charge is 2.16. The van der Waals surface area contributed by atoms with Crippen LogP contribution in [-0.2, 0) is 19.4 Å². The number of hydrogen-bond acceptors (Lipinski definition) is 1. The molecule has 0 saturated carbocycles. The van der Waals surface area contributed by atoms with Gasteiger partial charge in [-0.1, -0.05) is 12.0 Å². The SMILES string of the molecule is C#Cc1ccc(CO)c2c1CCC2. The normalized spacial score (nSPS) is 13.8. The Bertz CT molecular complexity index is 371. The first-order valence-corrected chi connectivity index (χ1v) is 4.58. The number of fused-ring (bicyclic) bond motifs is 1. The van der Waals surface area contributed by atoms with Crippen LogP contribution < -0.4 is 0 Å². The zero-order valence-electron chi connectivity index (χ0n) is 7.51. The Morgan fingerprint density at radius 2 is 2.08 bits per heavy atom. The van der Waals surface area contributed by atoms with Crippen molar-refractivity contribution >= 4 is 0 Å². The zero-order valence-corrected chi connectivity index (χ0v) is 7.51. The number of rotatable bonds is 1. The summed E-state index contributed by atoms with van der Waals surface area (Å²) in [6, 6.07) is 3.88. The number of benzene rings is 1. The lowest BCUT2D eigenvalue weighted by atomic mass is 9.99. The third-order valence-electron chi connectivity index (χ3n) is 2.71. The largest absolute Gasteiger partial charge is 0.392 e. The van der Waals surface area contributed by atoms with Gasteiger partial charge in [-0.05, 0) is 42.0 Å². The van der Waals surface area contributed by atoms with E-state index in [0.717, 1.165) is 24.0 Å². The van der Waals surface area contributed by atoms with E-state index in [0.29, 0.717) is 0 Å². The Morgan fingerprint density at radius 1 is 1.31 bits per heavy atom. The van der Waals surface area contributed by atoms with Gasteiger partial charge in [-0.2, -0.15) is 0 Å². The van der Waals surface area contributed by atoms with Gasteiger partial charge in [0.1, 0.15) is 0 Å². The molecule has 0 spiro atoms. The lowest BCUT2D eigenvalue weighted by Crippen LogP contribution is -1.95. The van der Waals surface area contributed by atoms with Gasteiger partial charge in [0.2, 0.25) is 0 Å². The first kappa shape index (κ1) is 8.34. The molecule has 0 heterocycles. The molecule has 1 aromatic rings. The summed E-state index contributed by atoms with van der Waals surface area (Å²) in [5.41, 5.74) is 4.63. The first-order valence-electron chi connectivity index (χ1n) is 4.58. The van der Waals surface area contributed by atoms with Crippen molar-refractivity contribution in [3.05, 3.63) is 34.4 Å². The molecule has 1 heteroatoms. The number of hydrogen-bond donors (Lipinski definition) is 1. The molecule has 0 saturated heterocycles. The highest BCUT2D eigenvalue weighted by Crippen LogP contribution is 2.28. The highest BCUT2D eigenvalue weighted by molar-refractivity contribution is 5.50. The van der Waals surface area contributed by atoms with Crippen molar-refractivity contribution in [2.45, 2.75) is 25.9 Å². The van der Waals surface area contributed by atoms with Crippen LogP contribution in [0.25, 0.3) is 0 Å². The van der Waals surface area contributed by atoms with E-state index in [-0.39, 0.29) is 6.61 Å². The maximum atomic E-state index is 9.11. The summed E-state index contributed by atoms with van der Waals surface area (Å²) >= 11 is 0. The van der Waals surface area contributed by atoms with Gasteiger partial charge >= 0.3 is 0 Å². The van der Waals surface area contributed by atoms with Gasteiger partial charge < -0.3 is 5.11 Å². The van der Waals surface area contributed by atoms with Crippen LogP contribution in [0.2, 0.25) is 0 Å². The maximum absolute atomic E-state index is 9.11. The van der Waals surface area contributed by atoms with Crippen molar-refractivity contribution in [1.82, 2.24) is 0 Å². The quantitative estimate of drug-likeness (QED) is 0.638. The Hall–Kier alpha value is -1.26. The van der Waals surface area contributed by atoms with E-state index in [2.05, 4.69) is 5.92 Å². The van der Waals surface area contributed by atoms with Gasteiger partial charge in [0, 0.05) is 5.56 Å². The third kappa shape index (κ3) is 1.24. The van der Waals surface area contributed by atoms with Crippen LogP contribution in [0, 0.1) is 12.3 Å². The average Bonchev–Trinajstić information content (AvgIpc) is 2.64. The molecule has 0 radical (unpaired) electrons. The number of aliphatic hydroxyl groups excluding tert-OH is 1. The average molecular weight is 172 g/mol. The molecule has 1 N–H and O–H groups in total. The maximum Gasteiger partial charge on any atom is 0.0684 e. The standard InChI is InChI=1S/C12H12O/c1-2-9-6-7-10(8-13)12-5-3-4-11(9)12/h1,6-7,13H,3-5,8H2. The first-order chi connectivity index (χ1) is 6.36. The second-order valence-corrected chi connectivity index (χ2v) is 3.39. The molecule has 0 unspecified atom stereocenters. The summed E-state index contributed by atoms with van der Waals surface area (Å²) in [4.78, 5) is 0. The van der Waals surface area contributed by atoms with Crippen LogP contribution in [0.15, 0.2) is 12.1 Å². The molecule has 1 nitrogen and oxygen atoms in total. The Morgan fingerprint density at radius 3 is 2.77 bits per heavy atom. The van der Waals surface area contributed by atoms with Gasteiger partial charge in [-0.15, -0.1) is 6.42 Å². The number of terminal acetylenes is 1. The molecule has 0 amide bonds. The van der Waals surface area contributed by atoms with E-state index in [1.165, 1.54) is 17.5 Å². The lowest BCUT2D eigenvalue weighted by Gasteiger charge is -2.07. The molecule has 13 heavy (non-hydrogen) atoms. The summed E-state index contributed by atoms with van der Waals surface area (Å²) in [7, 11) is 0. The summed E-state index contributed by atoms with van der Waals surface area (Å²) in [6.45, 7) is 0.132. The Labute approximate surface area is 78.4 Å². The monoisotopic (exact) mass is 172 g/mol. The van der Waals surface area contributed by atoms with Gasteiger partial charge in [0.15, 0.2) is 0 Å². The van der Waals surface area contributed by atoms with Crippen molar-refractivity contribution in [3.63, 3.8) is 0 Å². The van der Waals surface area contributed by atoms with Gasteiger partial charge in [-0.3, -0.25) is 0 Å². The van der Waals surface area contributed by atoms with Gasteiger partial charge in [0.05, 0.1) is 6.61 Å². The van der Waals surface area contributed by atoms with E-state index in [4.69, 9.17) is 11.5 Å². The topological polar surface area (TPSA) is 20.2 Å². The molecule has 0 aromatic heterocycles. The molecule has 1 aliphatic rings. The second kappa shape index (κ2) is 3.24. The molecule has 2 rings (SSSR count). The highest BCUT2D eigenvalue weighted by atomic mass is 16.3. The summed E-state index contributed by atoms with van der Waals surface area (Å²) < 4.78 is 0. The predicted molar refractivity (Wildman–Crippen MR) is 52.3 cm³/mol. The second-order valence-electron chi connectivity index (χ2n) is 3.39. The fourth-order valence-electron chi connectivity index (χ4n) is 2.06. The molecular formula is C12H12O. The minimum absolute atomic E-state index is 0.132. The van der Waals surface area contributed by atoms with Crippen molar-refractivity contribution in [1.29, 1.82) is 0 Å². The fraction of sp³-hybridized carbons (Fsp3) is 0.333. The van der Waals surface area contributed by atoms with E-state index in [1.807, 2.05) is 12.1 Å².